The highest BCUT2D eigenvalue weighted by Crippen LogP contribution is 2.25. The number of carbonyl (C=O) groups excluding carboxylic acids is 1. The summed E-state index contributed by atoms with van der Waals surface area (Å²) in [5.41, 5.74) is 2.18. The topological polar surface area (TPSA) is 51.7 Å². The van der Waals surface area contributed by atoms with E-state index in [9.17, 15) is 4.79 Å². The number of benzene rings is 1. The van der Waals surface area contributed by atoms with E-state index >= 15 is 0 Å². The van der Waals surface area contributed by atoms with E-state index in [-0.39, 0.29) is 5.91 Å². The maximum Gasteiger partial charge on any atom is 0.254 e. The fourth-order valence-electron chi connectivity index (χ4n) is 2.27. The zero-order valence-electron chi connectivity index (χ0n) is 13.9. The molecular weight excluding hydrogens is 328 g/mol. The summed E-state index contributed by atoms with van der Waals surface area (Å²) in [6, 6.07) is 10.9. The number of methoxy groups -OCH3 is 2. The van der Waals surface area contributed by atoms with E-state index in [0.717, 1.165) is 5.56 Å². The lowest BCUT2D eigenvalue weighted by molar-refractivity contribution is 0.0627. The Morgan fingerprint density at radius 2 is 1.71 bits per heavy atom. The highest BCUT2D eigenvalue weighted by Gasteiger charge is 2.15. The van der Waals surface area contributed by atoms with Crippen LogP contribution in [0.15, 0.2) is 42.6 Å². The van der Waals surface area contributed by atoms with Crippen molar-refractivity contribution >= 4 is 17.5 Å². The van der Waals surface area contributed by atoms with Crippen LogP contribution in [-0.2, 0) is 9.47 Å². The van der Waals surface area contributed by atoms with Crippen LogP contribution in [0.4, 0.5) is 0 Å². The Kier molecular flexibility index (Phi) is 7.18. The highest BCUT2D eigenvalue weighted by molar-refractivity contribution is 6.33. The van der Waals surface area contributed by atoms with Gasteiger partial charge in [0.05, 0.1) is 23.9 Å². The van der Waals surface area contributed by atoms with Crippen LogP contribution in [0.25, 0.3) is 11.3 Å². The molecule has 0 aliphatic rings. The van der Waals surface area contributed by atoms with Gasteiger partial charge in [0.25, 0.3) is 5.91 Å². The SMILES string of the molecule is COCCN(CCOC)C(=O)c1ccc(-c2ncccc2Cl)cc1. The zero-order chi connectivity index (χ0) is 17.4. The van der Waals surface area contributed by atoms with Crippen LogP contribution in [0.5, 0.6) is 0 Å². The number of aromatic nitrogens is 1. The van der Waals surface area contributed by atoms with Crippen LogP contribution >= 0.6 is 11.6 Å². The van der Waals surface area contributed by atoms with Crippen molar-refractivity contribution < 1.29 is 14.3 Å². The first-order valence-electron chi connectivity index (χ1n) is 7.65. The van der Waals surface area contributed by atoms with Crippen molar-refractivity contribution in [1.82, 2.24) is 9.88 Å². The van der Waals surface area contributed by atoms with Gasteiger partial charge in [-0.25, -0.2) is 0 Å². The van der Waals surface area contributed by atoms with Crippen molar-refractivity contribution in [3.8, 4) is 11.3 Å². The largest absolute Gasteiger partial charge is 0.383 e. The third kappa shape index (κ3) is 4.77. The lowest BCUT2D eigenvalue weighted by Gasteiger charge is -2.22. The van der Waals surface area contributed by atoms with Gasteiger partial charge in [0.1, 0.15) is 0 Å². The second-order valence-electron chi connectivity index (χ2n) is 5.19. The minimum Gasteiger partial charge on any atom is -0.383 e. The molecular formula is C18H21ClN2O3. The van der Waals surface area contributed by atoms with Gasteiger partial charge < -0.3 is 14.4 Å². The number of hydrogen-bond acceptors (Lipinski definition) is 4. The van der Waals surface area contributed by atoms with Gasteiger partial charge in [-0.15, -0.1) is 0 Å². The minimum atomic E-state index is -0.0530. The monoisotopic (exact) mass is 348 g/mol. The van der Waals surface area contributed by atoms with Crippen molar-refractivity contribution in [2.45, 2.75) is 0 Å². The predicted molar refractivity (Wildman–Crippen MR) is 94.3 cm³/mol. The number of nitrogens with zero attached hydrogens (tertiary/aromatic N) is 2. The summed E-state index contributed by atoms with van der Waals surface area (Å²) in [7, 11) is 3.23. The van der Waals surface area contributed by atoms with E-state index < -0.39 is 0 Å². The van der Waals surface area contributed by atoms with Gasteiger partial charge >= 0.3 is 0 Å². The molecule has 1 amide bonds. The Balaban J connectivity index is 2.15. The highest BCUT2D eigenvalue weighted by atomic mass is 35.5. The van der Waals surface area contributed by atoms with Gasteiger partial charge in [0, 0.05) is 44.6 Å². The van der Waals surface area contributed by atoms with Crippen LogP contribution < -0.4 is 0 Å². The van der Waals surface area contributed by atoms with Gasteiger partial charge in [-0.05, 0) is 24.3 Å². The average Bonchev–Trinajstić information content (AvgIpc) is 2.62. The van der Waals surface area contributed by atoms with E-state index in [0.29, 0.717) is 42.6 Å². The van der Waals surface area contributed by atoms with Gasteiger partial charge in [0.15, 0.2) is 0 Å². The molecule has 2 aromatic rings. The molecule has 0 fully saturated rings. The van der Waals surface area contributed by atoms with Crippen LogP contribution in [0.2, 0.25) is 5.02 Å². The molecule has 0 bridgehead atoms. The molecule has 0 aliphatic heterocycles. The molecule has 0 saturated heterocycles. The Bertz CT molecular complexity index is 654. The van der Waals surface area contributed by atoms with Gasteiger partial charge in [-0.2, -0.15) is 0 Å². The fraction of sp³-hybridized carbons (Fsp3) is 0.333. The van der Waals surface area contributed by atoms with Gasteiger partial charge in [0.2, 0.25) is 0 Å². The number of amides is 1. The molecule has 1 aromatic heterocycles. The average molecular weight is 349 g/mol. The summed E-state index contributed by atoms with van der Waals surface area (Å²) in [5, 5.41) is 0.582. The second-order valence-corrected chi connectivity index (χ2v) is 5.60. The summed E-state index contributed by atoms with van der Waals surface area (Å²) in [6.45, 7) is 2.01. The summed E-state index contributed by atoms with van der Waals surface area (Å²) >= 11 is 6.16. The molecule has 6 heteroatoms. The Morgan fingerprint density at radius 3 is 2.25 bits per heavy atom. The summed E-state index contributed by atoms with van der Waals surface area (Å²) < 4.78 is 10.1. The molecule has 128 valence electrons. The normalized spacial score (nSPS) is 10.6. The molecule has 0 atom stereocenters. The van der Waals surface area contributed by atoms with E-state index in [4.69, 9.17) is 21.1 Å². The molecule has 0 spiro atoms. The van der Waals surface area contributed by atoms with E-state index in [1.807, 2.05) is 12.1 Å². The number of rotatable bonds is 8. The smallest absolute Gasteiger partial charge is 0.254 e. The molecule has 24 heavy (non-hydrogen) atoms. The second kappa shape index (κ2) is 9.37. The molecule has 0 saturated carbocycles. The molecule has 0 unspecified atom stereocenters. The first-order valence-corrected chi connectivity index (χ1v) is 8.03. The minimum absolute atomic E-state index is 0.0530. The van der Waals surface area contributed by atoms with Crippen LogP contribution in [0.3, 0.4) is 0 Å². The predicted octanol–water partition coefficient (Wildman–Crippen LogP) is 3.14. The van der Waals surface area contributed by atoms with E-state index in [2.05, 4.69) is 4.98 Å². The van der Waals surface area contributed by atoms with Crippen LogP contribution in [-0.4, -0.2) is 56.3 Å². The Labute approximate surface area is 147 Å². The first kappa shape index (κ1) is 18.4. The van der Waals surface area contributed by atoms with Crippen molar-refractivity contribution in [2.24, 2.45) is 0 Å². The molecule has 1 heterocycles. The Hall–Kier alpha value is -1.95. The van der Waals surface area contributed by atoms with Crippen molar-refractivity contribution in [3.05, 3.63) is 53.2 Å². The number of halogens is 1. The number of ether oxygens (including phenoxy) is 2. The number of hydrogen-bond donors (Lipinski definition) is 0. The number of carbonyl (C=O) groups is 1. The zero-order valence-corrected chi connectivity index (χ0v) is 14.6. The van der Waals surface area contributed by atoms with Gasteiger partial charge in [-0.3, -0.25) is 9.78 Å². The lowest BCUT2D eigenvalue weighted by atomic mass is 10.1. The third-order valence-electron chi connectivity index (χ3n) is 3.58. The Morgan fingerprint density at radius 1 is 1.08 bits per heavy atom. The molecule has 2 rings (SSSR count). The van der Waals surface area contributed by atoms with E-state index in [1.165, 1.54) is 0 Å². The lowest BCUT2D eigenvalue weighted by Crippen LogP contribution is -2.36. The van der Waals surface area contributed by atoms with Crippen molar-refractivity contribution in [2.75, 3.05) is 40.5 Å². The van der Waals surface area contributed by atoms with E-state index in [1.54, 1.807) is 49.6 Å². The quantitative estimate of drug-likeness (QED) is 0.735. The fourth-order valence-corrected chi connectivity index (χ4v) is 2.50. The summed E-state index contributed by atoms with van der Waals surface area (Å²) in [6.07, 6.45) is 1.69. The van der Waals surface area contributed by atoms with Crippen LogP contribution in [0.1, 0.15) is 10.4 Å². The summed E-state index contributed by atoms with van der Waals surface area (Å²) in [5.74, 6) is -0.0530. The molecule has 0 radical (unpaired) electrons. The van der Waals surface area contributed by atoms with Crippen molar-refractivity contribution in [3.63, 3.8) is 0 Å². The first-order chi connectivity index (χ1) is 11.7. The van der Waals surface area contributed by atoms with Crippen LogP contribution in [0, 0.1) is 0 Å². The summed E-state index contributed by atoms with van der Waals surface area (Å²) in [4.78, 5) is 18.6. The third-order valence-corrected chi connectivity index (χ3v) is 3.89. The van der Waals surface area contributed by atoms with Crippen molar-refractivity contribution in [1.29, 1.82) is 0 Å². The molecule has 5 nitrogen and oxygen atoms in total. The maximum atomic E-state index is 12.6. The number of pyridine rings is 1. The standard InChI is InChI=1S/C18H21ClN2O3/c1-23-12-10-21(11-13-24-2)18(22)15-7-5-14(6-8-15)17-16(19)4-3-9-20-17/h3-9H,10-13H2,1-2H3. The molecule has 1 aromatic carbocycles. The molecule has 0 aliphatic carbocycles. The van der Waals surface area contributed by atoms with Gasteiger partial charge in [-0.1, -0.05) is 23.7 Å². The maximum absolute atomic E-state index is 12.6. The molecule has 0 N–H and O–H groups in total.